The summed E-state index contributed by atoms with van der Waals surface area (Å²) in [5.41, 5.74) is 1.87. The number of aryl methyl sites for hydroxylation is 1. The number of sulfonamides is 1. The Morgan fingerprint density at radius 2 is 2.19 bits per heavy atom. The van der Waals surface area contributed by atoms with Gasteiger partial charge in [-0.3, -0.25) is 9.52 Å². The summed E-state index contributed by atoms with van der Waals surface area (Å²) in [4.78, 5) is 12.6. The smallest absolute Gasteiger partial charge is 0.264 e. The number of carbonyl (C=O) groups excluding carboxylic acids is 1. The molecular weight excluding hydrogens is 376 g/mol. The van der Waals surface area contributed by atoms with Gasteiger partial charge in [-0.05, 0) is 36.2 Å². The molecule has 11 heteroatoms. The summed E-state index contributed by atoms with van der Waals surface area (Å²) in [7, 11) is -3.59. The van der Waals surface area contributed by atoms with Gasteiger partial charge in [0.05, 0.1) is 22.7 Å². The quantitative estimate of drug-likeness (QED) is 0.595. The molecule has 0 aliphatic rings. The van der Waals surface area contributed by atoms with E-state index in [9.17, 15) is 13.2 Å². The fraction of sp³-hybridized carbons (Fsp3) is 0.333. The van der Waals surface area contributed by atoms with E-state index in [0.29, 0.717) is 22.7 Å². The molecule has 1 amide bonds. The largest absolute Gasteiger partial charge is 0.350 e. The van der Waals surface area contributed by atoms with Crippen molar-refractivity contribution in [2.24, 2.45) is 0 Å². The van der Waals surface area contributed by atoms with Crippen LogP contribution in [0.3, 0.4) is 0 Å². The minimum Gasteiger partial charge on any atom is -0.350 e. The van der Waals surface area contributed by atoms with Gasteiger partial charge in [-0.2, -0.15) is 5.10 Å². The Bertz CT molecular complexity index is 1010. The number of nitrogens with one attached hydrogen (secondary N) is 2. The van der Waals surface area contributed by atoms with Crippen LogP contribution in [0.1, 0.15) is 28.7 Å². The Morgan fingerprint density at radius 1 is 1.35 bits per heavy atom. The van der Waals surface area contributed by atoms with Gasteiger partial charge >= 0.3 is 0 Å². The standard InChI is InChI=1S/C15H18N6O3S2/c1-2-3-13-14(25-20-18-13)15(22)16-7-9-26(23,24)19-11-5-8-21-12(10-11)4-6-17-21/h4-6,8,10,19H,2-3,7,9H2,1H3,(H,16,22). The molecule has 0 aliphatic carbocycles. The molecular formula is C15H18N6O3S2. The van der Waals surface area contributed by atoms with Crippen LogP contribution in [0, 0.1) is 0 Å². The average Bonchev–Trinajstić information content (AvgIpc) is 3.23. The third kappa shape index (κ3) is 4.35. The van der Waals surface area contributed by atoms with Crippen molar-refractivity contribution in [3.8, 4) is 0 Å². The van der Waals surface area contributed by atoms with Crippen LogP contribution in [0.5, 0.6) is 0 Å². The van der Waals surface area contributed by atoms with Crippen molar-refractivity contribution in [3.63, 3.8) is 0 Å². The molecule has 3 aromatic heterocycles. The molecule has 0 saturated carbocycles. The van der Waals surface area contributed by atoms with Gasteiger partial charge in [-0.15, -0.1) is 5.10 Å². The minimum absolute atomic E-state index is 0.00738. The summed E-state index contributed by atoms with van der Waals surface area (Å²) < 4.78 is 32.3. The lowest BCUT2D eigenvalue weighted by Gasteiger charge is -2.09. The second-order valence-electron chi connectivity index (χ2n) is 5.59. The molecule has 0 radical (unpaired) electrons. The zero-order valence-corrected chi connectivity index (χ0v) is 15.7. The number of anilines is 1. The van der Waals surface area contributed by atoms with Crippen LogP contribution in [-0.2, 0) is 16.4 Å². The Hall–Kier alpha value is -2.53. The van der Waals surface area contributed by atoms with Crippen LogP contribution < -0.4 is 10.0 Å². The van der Waals surface area contributed by atoms with Crippen molar-refractivity contribution in [1.82, 2.24) is 24.5 Å². The third-order valence-corrected chi connectivity index (χ3v) is 5.63. The van der Waals surface area contributed by atoms with Crippen molar-refractivity contribution in [2.45, 2.75) is 19.8 Å². The first-order valence-corrected chi connectivity index (χ1v) is 10.4. The van der Waals surface area contributed by atoms with Crippen molar-refractivity contribution < 1.29 is 13.2 Å². The van der Waals surface area contributed by atoms with Gasteiger partial charge in [-0.25, -0.2) is 12.9 Å². The number of nitrogens with zero attached hydrogens (tertiary/aromatic N) is 4. The van der Waals surface area contributed by atoms with Crippen molar-refractivity contribution in [3.05, 3.63) is 41.2 Å². The molecule has 0 aromatic carbocycles. The van der Waals surface area contributed by atoms with Gasteiger partial charge in [0.1, 0.15) is 4.88 Å². The predicted octanol–water partition coefficient (Wildman–Crippen LogP) is 1.31. The van der Waals surface area contributed by atoms with Gasteiger partial charge in [0.25, 0.3) is 5.91 Å². The van der Waals surface area contributed by atoms with Crippen molar-refractivity contribution >= 4 is 38.7 Å². The fourth-order valence-corrected chi connectivity index (χ4v) is 3.96. The third-order valence-electron chi connectivity index (χ3n) is 3.58. The monoisotopic (exact) mass is 394 g/mol. The van der Waals surface area contributed by atoms with Crippen molar-refractivity contribution in [1.29, 1.82) is 0 Å². The molecule has 0 saturated heterocycles. The average molecular weight is 394 g/mol. The second kappa shape index (κ2) is 7.79. The molecule has 138 valence electrons. The van der Waals surface area contributed by atoms with Gasteiger partial charge < -0.3 is 5.32 Å². The second-order valence-corrected chi connectivity index (χ2v) is 8.19. The van der Waals surface area contributed by atoms with E-state index in [4.69, 9.17) is 0 Å². The number of fused-ring (bicyclic) bond motifs is 1. The highest BCUT2D eigenvalue weighted by atomic mass is 32.2. The summed E-state index contributed by atoms with van der Waals surface area (Å²) in [6.45, 7) is 1.98. The van der Waals surface area contributed by atoms with E-state index < -0.39 is 10.0 Å². The van der Waals surface area contributed by atoms with Crippen LogP contribution in [0.2, 0.25) is 0 Å². The van der Waals surface area contributed by atoms with Crippen LogP contribution in [-0.4, -0.2) is 45.8 Å². The Kier molecular flexibility index (Phi) is 5.47. The molecule has 0 spiro atoms. The highest BCUT2D eigenvalue weighted by molar-refractivity contribution is 7.92. The number of hydrogen-bond acceptors (Lipinski definition) is 7. The van der Waals surface area contributed by atoms with E-state index in [0.717, 1.165) is 23.5 Å². The molecule has 3 rings (SSSR count). The summed E-state index contributed by atoms with van der Waals surface area (Å²) in [5.74, 6) is -0.585. The molecule has 0 aliphatic heterocycles. The van der Waals surface area contributed by atoms with E-state index in [2.05, 4.69) is 24.7 Å². The lowest BCUT2D eigenvalue weighted by atomic mass is 10.2. The number of aromatic nitrogens is 4. The molecule has 0 unspecified atom stereocenters. The topological polar surface area (TPSA) is 118 Å². The van der Waals surface area contributed by atoms with Crippen LogP contribution in [0.4, 0.5) is 5.69 Å². The van der Waals surface area contributed by atoms with Gasteiger partial charge in [0, 0.05) is 18.9 Å². The van der Waals surface area contributed by atoms with Gasteiger partial charge in [0.2, 0.25) is 10.0 Å². The maximum Gasteiger partial charge on any atom is 0.264 e. The van der Waals surface area contributed by atoms with E-state index in [-0.39, 0.29) is 18.2 Å². The maximum atomic E-state index is 12.2. The lowest BCUT2D eigenvalue weighted by Crippen LogP contribution is -2.31. The maximum absolute atomic E-state index is 12.2. The molecule has 3 heterocycles. The lowest BCUT2D eigenvalue weighted by molar-refractivity contribution is 0.0959. The van der Waals surface area contributed by atoms with Crippen LogP contribution in [0.15, 0.2) is 30.6 Å². The van der Waals surface area contributed by atoms with Crippen molar-refractivity contribution in [2.75, 3.05) is 17.0 Å². The SMILES string of the molecule is CCCc1nnsc1C(=O)NCCS(=O)(=O)Nc1ccn2nccc2c1. The van der Waals surface area contributed by atoms with Crippen LogP contribution >= 0.6 is 11.5 Å². The first-order chi connectivity index (χ1) is 12.5. The zero-order valence-electron chi connectivity index (χ0n) is 14.0. The van der Waals surface area contributed by atoms with E-state index in [1.165, 1.54) is 0 Å². The normalized spacial score (nSPS) is 11.6. The van der Waals surface area contributed by atoms with E-state index in [1.54, 1.807) is 35.1 Å². The molecule has 0 bridgehead atoms. The Morgan fingerprint density at radius 3 is 3.00 bits per heavy atom. The first kappa shape index (κ1) is 18.3. The number of rotatable bonds is 8. The minimum atomic E-state index is -3.59. The fourth-order valence-electron chi connectivity index (χ4n) is 2.38. The van der Waals surface area contributed by atoms with Gasteiger partial charge in [-0.1, -0.05) is 17.8 Å². The highest BCUT2D eigenvalue weighted by Crippen LogP contribution is 2.14. The molecule has 3 aromatic rings. The van der Waals surface area contributed by atoms with Gasteiger partial charge in [0.15, 0.2) is 0 Å². The Balaban J connectivity index is 1.56. The number of hydrogen-bond donors (Lipinski definition) is 2. The Labute approximate surface area is 154 Å². The number of pyridine rings is 1. The molecule has 9 nitrogen and oxygen atoms in total. The number of amides is 1. The molecule has 26 heavy (non-hydrogen) atoms. The van der Waals surface area contributed by atoms with Crippen LogP contribution in [0.25, 0.3) is 5.52 Å². The summed E-state index contributed by atoms with van der Waals surface area (Å²) >= 11 is 1.01. The number of carbonyl (C=O) groups is 1. The predicted molar refractivity (Wildman–Crippen MR) is 98.8 cm³/mol. The molecule has 0 fully saturated rings. The van der Waals surface area contributed by atoms with E-state index >= 15 is 0 Å². The first-order valence-electron chi connectivity index (χ1n) is 8.02. The summed E-state index contributed by atoms with van der Waals surface area (Å²) in [5, 5.41) is 10.6. The zero-order chi connectivity index (χ0) is 18.6. The summed E-state index contributed by atoms with van der Waals surface area (Å²) in [6.07, 6.45) is 4.81. The van der Waals surface area contributed by atoms with E-state index in [1.807, 2.05) is 6.92 Å². The summed E-state index contributed by atoms with van der Waals surface area (Å²) in [6, 6.07) is 5.08. The molecule has 2 N–H and O–H groups in total. The highest BCUT2D eigenvalue weighted by Gasteiger charge is 2.17. The molecule has 0 atom stereocenters.